The van der Waals surface area contributed by atoms with E-state index in [1.165, 1.54) is 18.9 Å². The Hall–Kier alpha value is -4.28. The number of carbonyl (C=O) groups excluding carboxylic acids is 1. The van der Waals surface area contributed by atoms with E-state index in [1.54, 1.807) is 18.2 Å². The van der Waals surface area contributed by atoms with Gasteiger partial charge in [0.15, 0.2) is 0 Å². The lowest BCUT2D eigenvalue weighted by molar-refractivity contribution is 0.0711. The number of azo groups is 1. The summed E-state index contributed by atoms with van der Waals surface area (Å²) in [6.07, 6.45) is 2.36. The maximum atomic E-state index is 13.8. The predicted octanol–water partition coefficient (Wildman–Crippen LogP) is 7.10. The van der Waals surface area contributed by atoms with Gasteiger partial charge in [-0.05, 0) is 61.4 Å². The lowest BCUT2D eigenvalue weighted by Crippen LogP contribution is -2.17. The number of aromatic nitrogens is 1. The second-order valence-corrected chi connectivity index (χ2v) is 8.15. The van der Waals surface area contributed by atoms with Crippen molar-refractivity contribution in [3.63, 3.8) is 0 Å². The molecular formula is C25H17F5N4O2. The molecule has 0 amide bonds. The van der Waals surface area contributed by atoms with Crippen LogP contribution < -0.4 is 9.64 Å². The zero-order valence-electron chi connectivity index (χ0n) is 18.5. The number of hydrogen-bond donors (Lipinski definition) is 1. The third-order valence-corrected chi connectivity index (χ3v) is 5.79. The fourth-order valence-corrected chi connectivity index (χ4v) is 3.94. The Kier molecular flexibility index (Phi) is 6.13. The highest BCUT2D eigenvalue weighted by molar-refractivity contribution is 5.96. The van der Waals surface area contributed by atoms with Crippen LogP contribution in [0.25, 0.3) is 10.9 Å². The molecule has 36 heavy (non-hydrogen) atoms. The summed E-state index contributed by atoms with van der Waals surface area (Å²) in [7, 11) is 0. The summed E-state index contributed by atoms with van der Waals surface area (Å²) in [6.45, 7) is 2.07. The fourth-order valence-electron chi connectivity index (χ4n) is 3.94. The number of anilines is 1. The van der Waals surface area contributed by atoms with E-state index in [9.17, 15) is 26.7 Å². The Morgan fingerprint density at radius 2 is 1.36 bits per heavy atom. The molecule has 0 radical (unpaired) electrons. The summed E-state index contributed by atoms with van der Waals surface area (Å²) in [5.41, 5.74) is 2.43. The monoisotopic (exact) mass is 500 g/mol. The van der Waals surface area contributed by atoms with Crippen molar-refractivity contribution in [3.05, 3.63) is 83.3 Å². The maximum absolute atomic E-state index is 13.8. The van der Waals surface area contributed by atoms with Gasteiger partial charge in [-0.15, -0.1) is 0 Å². The Labute approximate surface area is 201 Å². The molecule has 0 atom stereocenters. The Morgan fingerprint density at radius 1 is 0.778 bits per heavy atom. The predicted molar refractivity (Wildman–Crippen MR) is 122 cm³/mol. The topological polar surface area (TPSA) is 70.0 Å². The highest BCUT2D eigenvalue weighted by atomic mass is 19.2. The number of H-pyrrole nitrogens is 1. The largest absolute Gasteiger partial charge is 0.415 e. The van der Waals surface area contributed by atoms with Crippen molar-refractivity contribution < 1.29 is 31.5 Å². The molecule has 4 aromatic rings. The minimum atomic E-state index is -2.35. The third kappa shape index (κ3) is 4.39. The number of hydrogen-bond acceptors (Lipinski definition) is 5. The van der Waals surface area contributed by atoms with Gasteiger partial charge in [-0.2, -0.15) is 19.0 Å². The first-order valence-corrected chi connectivity index (χ1v) is 10.9. The number of nitrogens with one attached hydrogen (secondary N) is 1. The van der Waals surface area contributed by atoms with Crippen molar-refractivity contribution in [3.8, 4) is 5.75 Å². The number of rotatable bonds is 5. The highest BCUT2D eigenvalue weighted by Gasteiger charge is 2.29. The second kappa shape index (κ2) is 9.40. The summed E-state index contributed by atoms with van der Waals surface area (Å²) in [4.78, 5) is 17.3. The van der Waals surface area contributed by atoms with E-state index in [-0.39, 0.29) is 5.69 Å². The number of aromatic amines is 1. The minimum Gasteiger partial charge on any atom is -0.415 e. The van der Waals surface area contributed by atoms with Crippen molar-refractivity contribution in [1.29, 1.82) is 0 Å². The Balaban J connectivity index is 1.33. The van der Waals surface area contributed by atoms with E-state index in [0.29, 0.717) is 22.3 Å². The SMILES string of the molecule is O=C(Oc1c(F)c(F)c(F)c(F)c1F)c1cc2cc(N=Nc3ccc(N4CCCC4)cc3)ccc2[nH]1. The minimum absolute atomic E-state index is 0.263. The van der Waals surface area contributed by atoms with Gasteiger partial charge in [-0.1, -0.05) is 0 Å². The van der Waals surface area contributed by atoms with E-state index in [0.717, 1.165) is 18.8 Å². The van der Waals surface area contributed by atoms with Gasteiger partial charge in [-0.25, -0.2) is 18.0 Å². The average Bonchev–Trinajstić information content (AvgIpc) is 3.58. The fraction of sp³-hybridized carbons (Fsp3) is 0.160. The van der Waals surface area contributed by atoms with Crippen LogP contribution in [0.2, 0.25) is 0 Å². The van der Waals surface area contributed by atoms with Gasteiger partial charge < -0.3 is 14.6 Å². The number of esters is 1. The van der Waals surface area contributed by atoms with Crippen LogP contribution in [0.5, 0.6) is 5.75 Å². The molecule has 1 aromatic heterocycles. The van der Waals surface area contributed by atoms with E-state index < -0.39 is 40.8 Å². The van der Waals surface area contributed by atoms with E-state index in [1.807, 2.05) is 24.3 Å². The van der Waals surface area contributed by atoms with Gasteiger partial charge in [0.05, 0.1) is 11.4 Å². The van der Waals surface area contributed by atoms with Crippen LogP contribution in [0.3, 0.4) is 0 Å². The molecule has 5 rings (SSSR count). The molecule has 2 heterocycles. The number of ether oxygens (including phenoxy) is 1. The van der Waals surface area contributed by atoms with Gasteiger partial charge in [0.1, 0.15) is 5.69 Å². The molecule has 6 nitrogen and oxygen atoms in total. The molecule has 0 saturated carbocycles. The van der Waals surface area contributed by atoms with Crippen molar-refractivity contribution in [2.45, 2.75) is 12.8 Å². The van der Waals surface area contributed by atoms with Crippen LogP contribution in [0.4, 0.5) is 39.0 Å². The third-order valence-electron chi connectivity index (χ3n) is 5.79. The zero-order valence-corrected chi connectivity index (χ0v) is 18.5. The smallest absolute Gasteiger partial charge is 0.360 e. The molecule has 0 spiro atoms. The van der Waals surface area contributed by atoms with E-state index in [4.69, 9.17) is 0 Å². The first kappa shape index (κ1) is 23.5. The van der Waals surface area contributed by atoms with Gasteiger partial charge in [0.2, 0.25) is 34.8 Å². The van der Waals surface area contributed by atoms with Crippen molar-refractivity contribution in [2.75, 3.05) is 18.0 Å². The van der Waals surface area contributed by atoms with Crippen LogP contribution >= 0.6 is 0 Å². The van der Waals surface area contributed by atoms with Crippen LogP contribution in [0.15, 0.2) is 58.8 Å². The molecule has 1 saturated heterocycles. The molecule has 3 aromatic carbocycles. The highest BCUT2D eigenvalue weighted by Crippen LogP contribution is 2.31. The van der Waals surface area contributed by atoms with E-state index in [2.05, 4.69) is 24.8 Å². The van der Waals surface area contributed by atoms with Crippen LogP contribution in [0, 0.1) is 29.1 Å². The summed E-state index contributed by atoms with van der Waals surface area (Å²) in [5, 5.41) is 8.89. The van der Waals surface area contributed by atoms with Crippen LogP contribution in [0.1, 0.15) is 23.3 Å². The first-order chi connectivity index (χ1) is 17.3. The molecule has 0 bridgehead atoms. The molecule has 1 aliphatic heterocycles. The van der Waals surface area contributed by atoms with Gasteiger partial charge in [0.25, 0.3) is 0 Å². The lowest BCUT2D eigenvalue weighted by Gasteiger charge is -2.17. The lowest BCUT2D eigenvalue weighted by atomic mass is 10.2. The summed E-state index contributed by atoms with van der Waals surface area (Å²) < 4.78 is 72.1. The average molecular weight is 500 g/mol. The van der Waals surface area contributed by atoms with E-state index >= 15 is 0 Å². The maximum Gasteiger partial charge on any atom is 0.360 e. The van der Waals surface area contributed by atoms with Gasteiger partial charge in [-0.3, -0.25) is 0 Å². The molecule has 1 fully saturated rings. The molecule has 0 unspecified atom stereocenters. The molecule has 184 valence electrons. The molecule has 1 N–H and O–H groups in total. The van der Waals surface area contributed by atoms with Crippen molar-refractivity contribution in [2.24, 2.45) is 10.2 Å². The number of halogens is 5. The number of nitrogens with zero attached hydrogens (tertiary/aromatic N) is 3. The Morgan fingerprint density at radius 3 is 2.03 bits per heavy atom. The first-order valence-electron chi connectivity index (χ1n) is 10.9. The summed E-state index contributed by atoms with van der Waals surface area (Å²) in [5.74, 6) is -14.3. The molecule has 11 heteroatoms. The van der Waals surface area contributed by atoms with Gasteiger partial charge >= 0.3 is 5.97 Å². The zero-order chi connectivity index (χ0) is 25.4. The normalized spacial score (nSPS) is 13.8. The molecule has 0 aliphatic carbocycles. The Bertz CT molecular complexity index is 1470. The standard InChI is InChI=1S/C25H17F5N4O2/c26-19-20(27)22(29)24(23(30)21(19)28)36-25(35)18-12-13-11-15(5-8-17(13)31-18)33-32-14-3-6-16(7-4-14)34-9-1-2-10-34/h3-8,11-12,31H,1-2,9-10H2. The number of benzene rings is 3. The van der Waals surface area contributed by atoms with Crippen molar-refractivity contribution >= 4 is 33.9 Å². The second-order valence-electron chi connectivity index (χ2n) is 8.15. The summed E-state index contributed by atoms with van der Waals surface area (Å²) >= 11 is 0. The van der Waals surface area contributed by atoms with Crippen LogP contribution in [-0.4, -0.2) is 24.0 Å². The number of carbonyl (C=O) groups is 1. The number of fused-ring (bicyclic) bond motifs is 1. The van der Waals surface area contributed by atoms with Crippen molar-refractivity contribution in [1.82, 2.24) is 4.98 Å². The quantitative estimate of drug-likeness (QED) is 0.0794. The van der Waals surface area contributed by atoms with Gasteiger partial charge in [0, 0.05) is 29.7 Å². The molecule has 1 aliphatic rings. The summed E-state index contributed by atoms with van der Waals surface area (Å²) in [6, 6.07) is 13.8. The molecular weight excluding hydrogens is 483 g/mol. The van der Waals surface area contributed by atoms with Crippen LogP contribution in [-0.2, 0) is 0 Å².